The number of fused-ring (bicyclic) bond motifs is 1. The molecule has 1 unspecified atom stereocenters. The highest BCUT2D eigenvalue weighted by Gasteiger charge is 2.28. The fraction of sp³-hybridized carbons (Fsp3) is 0.158. The largest absolute Gasteiger partial charge is 0.391 e. The second-order valence-corrected chi connectivity index (χ2v) is 5.89. The summed E-state index contributed by atoms with van der Waals surface area (Å²) in [6.07, 6.45) is 5.48. The van der Waals surface area contributed by atoms with Crippen molar-refractivity contribution in [3.05, 3.63) is 78.4 Å². The summed E-state index contributed by atoms with van der Waals surface area (Å²) in [7, 11) is 0. The van der Waals surface area contributed by atoms with Crippen molar-refractivity contribution in [1.29, 1.82) is 0 Å². The van der Waals surface area contributed by atoms with Crippen LogP contribution in [0.2, 0.25) is 0 Å². The van der Waals surface area contributed by atoms with E-state index in [0.29, 0.717) is 12.1 Å². The Hall–Kier alpha value is -2.92. The smallest absolute Gasteiger partial charge is 0.277 e. The number of benzene rings is 1. The number of hydrogen-bond acceptors (Lipinski definition) is 3. The van der Waals surface area contributed by atoms with Crippen molar-refractivity contribution in [3.8, 4) is 5.69 Å². The zero-order chi connectivity index (χ0) is 16.5. The van der Waals surface area contributed by atoms with Crippen LogP contribution in [0, 0.1) is 0 Å². The number of para-hydroxylation sites is 1. The molecule has 5 heteroatoms. The molecule has 0 fully saturated rings. The molecule has 24 heavy (non-hydrogen) atoms. The molecule has 0 saturated heterocycles. The van der Waals surface area contributed by atoms with Crippen molar-refractivity contribution in [3.63, 3.8) is 0 Å². The Balaban J connectivity index is 1.71. The van der Waals surface area contributed by atoms with Gasteiger partial charge in [0.2, 0.25) is 0 Å². The molecule has 1 amide bonds. The van der Waals surface area contributed by atoms with Crippen molar-refractivity contribution in [2.75, 3.05) is 11.4 Å². The van der Waals surface area contributed by atoms with E-state index >= 15 is 0 Å². The van der Waals surface area contributed by atoms with Crippen LogP contribution in [-0.2, 0) is 6.42 Å². The lowest BCUT2D eigenvalue weighted by atomic mass is 9.99. The van der Waals surface area contributed by atoms with Crippen LogP contribution in [0.4, 0.5) is 5.69 Å². The van der Waals surface area contributed by atoms with Crippen LogP contribution in [0.25, 0.3) is 5.69 Å². The van der Waals surface area contributed by atoms with Gasteiger partial charge in [0, 0.05) is 36.4 Å². The summed E-state index contributed by atoms with van der Waals surface area (Å²) < 4.78 is 1.93. The van der Waals surface area contributed by atoms with Crippen LogP contribution in [0.1, 0.15) is 16.1 Å². The monoisotopic (exact) mass is 319 g/mol. The summed E-state index contributed by atoms with van der Waals surface area (Å²) in [6.45, 7) is 0.283. The number of aliphatic hydroxyl groups excluding tert-OH is 1. The number of aliphatic hydroxyl groups is 1. The van der Waals surface area contributed by atoms with Gasteiger partial charge in [-0.2, -0.15) is 0 Å². The first-order chi connectivity index (χ1) is 11.7. The van der Waals surface area contributed by atoms with Gasteiger partial charge in [-0.1, -0.05) is 18.2 Å². The molecule has 1 atom stereocenters. The minimum absolute atomic E-state index is 0.199. The predicted molar refractivity (Wildman–Crippen MR) is 91.4 cm³/mol. The number of aromatic nitrogens is 2. The summed E-state index contributed by atoms with van der Waals surface area (Å²) in [6, 6.07) is 15.2. The Morgan fingerprint density at radius 3 is 2.75 bits per heavy atom. The Kier molecular flexibility index (Phi) is 3.63. The Morgan fingerprint density at radius 2 is 1.92 bits per heavy atom. The van der Waals surface area contributed by atoms with Gasteiger partial charge in [0.05, 0.1) is 12.6 Å². The maximum Gasteiger partial charge on any atom is 0.277 e. The van der Waals surface area contributed by atoms with Crippen molar-refractivity contribution in [1.82, 2.24) is 9.55 Å². The van der Waals surface area contributed by atoms with Gasteiger partial charge in [-0.05, 0) is 35.9 Å². The number of amides is 1. The molecule has 3 aromatic rings. The Bertz CT molecular complexity index is 874. The molecule has 1 aliphatic rings. The van der Waals surface area contributed by atoms with E-state index in [-0.39, 0.29) is 12.5 Å². The number of pyridine rings is 1. The van der Waals surface area contributed by atoms with E-state index in [2.05, 4.69) is 4.98 Å². The average Bonchev–Trinajstić information content (AvgIpc) is 3.15. The van der Waals surface area contributed by atoms with Crippen LogP contribution in [0.5, 0.6) is 0 Å². The lowest BCUT2D eigenvalue weighted by molar-refractivity contribution is 0.0950. The van der Waals surface area contributed by atoms with Gasteiger partial charge in [0.25, 0.3) is 5.91 Å². The van der Waals surface area contributed by atoms with Crippen LogP contribution in [0.3, 0.4) is 0 Å². The quantitative estimate of drug-likeness (QED) is 0.789. The molecule has 120 valence electrons. The molecule has 0 aliphatic carbocycles. The molecule has 0 radical (unpaired) electrons. The summed E-state index contributed by atoms with van der Waals surface area (Å²) in [4.78, 5) is 18.8. The van der Waals surface area contributed by atoms with Crippen molar-refractivity contribution >= 4 is 11.6 Å². The van der Waals surface area contributed by atoms with Gasteiger partial charge in [-0.25, -0.2) is 0 Å². The lowest BCUT2D eigenvalue weighted by Gasteiger charge is -2.32. The summed E-state index contributed by atoms with van der Waals surface area (Å²) in [5.74, 6) is -0.199. The van der Waals surface area contributed by atoms with E-state index in [1.807, 2.05) is 59.4 Å². The SMILES string of the molecule is O=C(c1cc(-n2cccc2)ccn1)N1CC(O)Cc2ccccc21. The highest BCUT2D eigenvalue weighted by molar-refractivity contribution is 6.05. The van der Waals surface area contributed by atoms with Gasteiger partial charge < -0.3 is 14.6 Å². The third-order valence-electron chi connectivity index (χ3n) is 4.24. The molecule has 0 saturated carbocycles. The fourth-order valence-electron chi connectivity index (χ4n) is 3.11. The topological polar surface area (TPSA) is 58.4 Å². The van der Waals surface area contributed by atoms with Gasteiger partial charge in [0.1, 0.15) is 5.69 Å². The summed E-state index contributed by atoms with van der Waals surface area (Å²) in [5.41, 5.74) is 3.07. The first-order valence-electron chi connectivity index (χ1n) is 7.89. The van der Waals surface area contributed by atoms with E-state index in [4.69, 9.17) is 0 Å². The number of carbonyl (C=O) groups is 1. The second kappa shape index (κ2) is 5.94. The number of nitrogens with zero attached hydrogens (tertiary/aromatic N) is 3. The van der Waals surface area contributed by atoms with Crippen LogP contribution < -0.4 is 4.90 Å². The predicted octanol–water partition coefficient (Wildman–Crippen LogP) is 2.44. The third-order valence-corrected chi connectivity index (χ3v) is 4.24. The highest BCUT2D eigenvalue weighted by Crippen LogP contribution is 2.28. The molecular formula is C19H17N3O2. The van der Waals surface area contributed by atoms with Crippen LogP contribution in [-0.4, -0.2) is 33.2 Å². The second-order valence-electron chi connectivity index (χ2n) is 5.89. The zero-order valence-corrected chi connectivity index (χ0v) is 13.0. The van der Waals surface area contributed by atoms with E-state index in [9.17, 15) is 9.90 Å². The molecule has 0 bridgehead atoms. The van der Waals surface area contributed by atoms with Gasteiger partial charge in [-0.3, -0.25) is 9.78 Å². The first kappa shape index (κ1) is 14.7. The summed E-state index contributed by atoms with van der Waals surface area (Å²) >= 11 is 0. The summed E-state index contributed by atoms with van der Waals surface area (Å²) in [5, 5.41) is 10.1. The molecule has 2 aromatic heterocycles. The van der Waals surface area contributed by atoms with Gasteiger partial charge in [-0.15, -0.1) is 0 Å². The maximum absolute atomic E-state index is 13.0. The van der Waals surface area contributed by atoms with Gasteiger partial charge in [0.15, 0.2) is 0 Å². The molecule has 4 rings (SSSR count). The van der Waals surface area contributed by atoms with Crippen molar-refractivity contribution in [2.45, 2.75) is 12.5 Å². The molecule has 1 aromatic carbocycles. The Morgan fingerprint density at radius 1 is 1.12 bits per heavy atom. The van der Waals surface area contributed by atoms with E-state index in [0.717, 1.165) is 16.9 Å². The highest BCUT2D eigenvalue weighted by atomic mass is 16.3. The Labute approximate surface area is 139 Å². The van der Waals surface area contributed by atoms with Gasteiger partial charge >= 0.3 is 0 Å². The number of β-amino-alcohol motifs (C(OH)–C–C–N with tert-alkyl or cyclic N) is 1. The average molecular weight is 319 g/mol. The number of anilines is 1. The maximum atomic E-state index is 13.0. The standard InChI is InChI=1S/C19H17N3O2/c23-16-11-14-5-1-2-6-18(14)22(13-16)19(24)17-12-15(7-8-20-17)21-9-3-4-10-21/h1-10,12,16,23H,11,13H2. The number of hydrogen-bond donors (Lipinski definition) is 1. The van der Waals surface area contributed by atoms with E-state index in [1.165, 1.54) is 0 Å². The van der Waals surface area contributed by atoms with E-state index in [1.54, 1.807) is 17.2 Å². The minimum atomic E-state index is -0.559. The molecule has 3 heterocycles. The number of carbonyl (C=O) groups excluding carboxylic acids is 1. The molecule has 1 N–H and O–H groups in total. The molecular weight excluding hydrogens is 302 g/mol. The first-order valence-corrected chi connectivity index (χ1v) is 7.89. The lowest BCUT2D eigenvalue weighted by Crippen LogP contribution is -2.42. The zero-order valence-electron chi connectivity index (χ0n) is 13.0. The van der Waals surface area contributed by atoms with Crippen molar-refractivity contribution in [2.24, 2.45) is 0 Å². The van der Waals surface area contributed by atoms with E-state index < -0.39 is 6.10 Å². The van der Waals surface area contributed by atoms with Crippen LogP contribution >= 0.6 is 0 Å². The van der Waals surface area contributed by atoms with Crippen LogP contribution in [0.15, 0.2) is 67.1 Å². The molecule has 5 nitrogen and oxygen atoms in total. The molecule has 0 spiro atoms. The normalized spacial score (nSPS) is 16.7. The molecule has 1 aliphatic heterocycles. The van der Waals surface area contributed by atoms with Crippen molar-refractivity contribution < 1.29 is 9.90 Å². The number of rotatable bonds is 2. The minimum Gasteiger partial charge on any atom is -0.391 e. The fourth-order valence-corrected chi connectivity index (χ4v) is 3.11. The third kappa shape index (κ3) is 2.59.